The van der Waals surface area contributed by atoms with Gasteiger partial charge < -0.3 is 24.6 Å². The number of nitrogens with one attached hydrogen (secondary N) is 1. The molecule has 1 unspecified atom stereocenters. The molecule has 1 aromatic carbocycles. The van der Waals surface area contributed by atoms with Crippen molar-refractivity contribution in [2.45, 2.75) is 26.9 Å². The third kappa shape index (κ3) is 5.66. The molecular formula is C25H33N5O4S. The van der Waals surface area contributed by atoms with E-state index in [0.717, 1.165) is 33.9 Å². The fourth-order valence-electron chi connectivity index (χ4n) is 4.20. The highest BCUT2D eigenvalue weighted by molar-refractivity contribution is 8.00. The Bertz CT molecular complexity index is 1270. The average Bonchev–Trinajstić information content (AvgIpc) is 3.16. The van der Waals surface area contributed by atoms with E-state index in [9.17, 15) is 9.32 Å². The average molecular weight is 500 g/mol. The van der Waals surface area contributed by atoms with Crippen LogP contribution in [0.25, 0.3) is 22.6 Å². The van der Waals surface area contributed by atoms with Gasteiger partial charge in [-0.15, -0.1) is 0 Å². The van der Waals surface area contributed by atoms with Gasteiger partial charge >= 0.3 is 0 Å². The highest BCUT2D eigenvalue weighted by Crippen LogP contribution is 2.35. The molecule has 0 bridgehead atoms. The minimum atomic E-state index is -2.04. The van der Waals surface area contributed by atoms with Crippen LogP contribution >= 0.6 is 0 Å². The van der Waals surface area contributed by atoms with E-state index in [1.807, 2.05) is 45.0 Å². The first-order chi connectivity index (χ1) is 16.7. The molecule has 0 amide bonds. The zero-order valence-corrected chi connectivity index (χ0v) is 21.5. The Balaban J connectivity index is 1.76. The second-order valence-electron chi connectivity index (χ2n) is 8.96. The van der Waals surface area contributed by atoms with Gasteiger partial charge in [0.1, 0.15) is 30.0 Å². The summed E-state index contributed by atoms with van der Waals surface area (Å²) in [5.41, 5.74) is 4.09. The molecule has 2 N–H and O–H groups in total. The minimum Gasteiger partial charge on any atom is -0.491 e. The number of ether oxygens (including phenoxy) is 1. The second kappa shape index (κ2) is 10.3. The second-order valence-corrected chi connectivity index (χ2v) is 11.7. The Morgan fingerprint density at radius 1 is 1.26 bits per heavy atom. The highest BCUT2D eigenvalue weighted by Gasteiger charge is 2.25. The third-order valence-electron chi connectivity index (χ3n) is 6.13. The molecule has 9 nitrogen and oxygen atoms in total. The molecule has 3 heterocycles. The number of hydrogen-bond donors (Lipinski definition) is 2. The molecule has 35 heavy (non-hydrogen) atoms. The quantitative estimate of drug-likeness (QED) is 0.450. The zero-order valence-electron chi connectivity index (χ0n) is 20.7. The SMILES string of the molecule is C=S1(=O)CCN(c2nc(-c3cccc(OCC(O)CNC)c3)nc(-c3c(C)noc3C)c2C)CC1. The number of benzene rings is 1. The number of nitrogens with zero attached hydrogens (tertiary/aromatic N) is 4. The van der Waals surface area contributed by atoms with Gasteiger partial charge in [0, 0.05) is 42.3 Å². The number of aliphatic hydroxyl groups excluding tert-OH is 1. The first-order valence-corrected chi connectivity index (χ1v) is 13.7. The van der Waals surface area contributed by atoms with Gasteiger partial charge in [0.15, 0.2) is 5.82 Å². The number of anilines is 1. The predicted molar refractivity (Wildman–Crippen MR) is 140 cm³/mol. The number of aromatic nitrogens is 3. The molecular weight excluding hydrogens is 466 g/mol. The van der Waals surface area contributed by atoms with Crippen molar-refractivity contribution in [3.8, 4) is 28.4 Å². The molecule has 1 aliphatic rings. The van der Waals surface area contributed by atoms with Gasteiger partial charge in [-0.1, -0.05) is 17.3 Å². The standard InChI is InChI=1S/C25H33N5O4S/c1-16-23(22-17(2)29-34-18(22)3)27-24(28-25(16)30-9-11-35(5,32)12-10-30)19-7-6-8-21(13-19)33-15-20(31)14-26-4/h6-8,13,20,26,31H,5,9-12,14-15H2,1-4H3. The molecule has 1 fully saturated rings. The lowest BCUT2D eigenvalue weighted by Gasteiger charge is -2.31. The van der Waals surface area contributed by atoms with Gasteiger partial charge in [-0.2, -0.15) is 0 Å². The fraction of sp³-hybridized carbons (Fsp3) is 0.440. The van der Waals surface area contributed by atoms with Crippen LogP contribution in [0.2, 0.25) is 0 Å². The van der Waals surface area contributed by atoms with Crippen LogP contribution in [0.5, 0.6) is 5.75 Å². The predicted octanol–water partition coefficient (Wildman–Crippen LogP) is 2.22. The maximum absolute atomic E-state index is 12.5. The number of hydrogen-bond acceptors (Lipinski definition) is 9. The van der Waals surface area contributed by atoms with Crippen molar-refractivity contribution in [3.05, 3.63) is 41.3 Å². The van der Waals surface area contributed by atoms with Crippen molar-refractivity contribution < 1.29 is 18.6 Å². The van der Waals surface area contributed by atoms with E-state index >= 15 is 0 Å². The molecule has 2 aromatic heterocycles. The van der Waals surface area contributed by atoms with Crippen LogP contribution in [0.3, 0.4) is 0 Å². The van der Waals surface area contributed by atoms with E-state index in [2.05, 4.69) is 21.2 Å². The molecule has 1 atom stereocenters. The first-order valence-electron chi connectivity index (χ1n) is 11.6. The highest BCUT2D eigenvalue weighted by atomic mass is 32.2. The Kier molecular flexibility index (Phi) is 7.44. The van der Waals surface area contributed by atoms with Crippen LogP contribution in [0, 0.1) is 20.8 Å². The number of aliphatic hydroxyl groups is 1. The Morgan fingerprint density at radius 2 is 2.00 bits per heavy atom. The van der Waals surface area contributed by atoms with Gasteiger partial charge in [-0.3, -0.25) is 4.21 Å². The van der Waals surface area contributed by atoms with Crippen LogP contribution in [0.15, 0.2) is 28.8 Å². The smallest absolute Gasteiger partial charge is 0.162 e. The van der Waals surface area contributed by atoms with E-state index < -0.39 is 15.6 Å². The lowest BCUT2D eigenvalue weighted by molar-refractivity contribution is 0.108. The third-order valence-corrected chi connectivity index (χ3v) is 7.98. The van der Waals surface area contributed by atoms with Gasteiger partial charge in [-0.05, 0) is 55.3 Å². The molecule has 3 aromatic rings. The summed E-state index contributed by atoms with van der Waals surface area (Å²) in [6.45, 7) is 7.63. The molecule has 0 aliphatic carbocycles. The van der Waals surface area contributed by atoms with Gasteiger partial charge in [0.25, 0.3) is 0 Å². The maximum Gasteiger partial charge on any atom is 0.162 e. The fourth-order valence-corrected chi connectivity index (χ4v) is 5.51. The van der Waals surface area contributed by atoms with Crippen LogP contribution in [-0.2, 0) is 9.52 Å². The molecule has 0 saturated carbocycles. The molecule has 188 valence electrons. The molecule has 4 rings (SSSR count). The van der Waals surface area contributed by atoms with Crippen LogP contribution in [-0.4, -0.2) is 81.2 Å². The van der Waals surface area contributed by atoms with Crippen molar-refractivity contribution in [1.82, 2.24) is 20.4 Å². The zero-order chi connectivity index (χ0) is 25.2. The van der Waals surface area contributed by atoms with Crippen molar-refractivity contribution in [1.29, 1.82) is 0 Å². The Hall–Kier alpha value is -2.95. The van der Waals surface area contributed by atoms with E-state index in [1.165, 1.54) is 0 Å². The van der Waals surface area contributed by atoms with Gasteiger partial charge in [0.2, 0.25) is 0 Å². The summed E-state index contributed by atoms with van der Waals surface area (Å²) in [6, 6.07) is 7.53. The summed E-state index contributed by atoms with van der Waals surface area (Å²) in [4.78, 5) is 12.0. The molecule has 0 radical (unpaired) electrons. The van der Waals surface area contributed by atoms with E-state index in [1.54, 1.807) is 7.05 Å². The number of aryl methyl sites for hydroxylation is 2. The van der Waals surface area contributed by atoms with Crippen LogP contribution in [0.4, 0.5) is 5.82 Å². The maximum atomic E-state index is 12.5. The molecule has 10 heteroatoms. The summed E-state index contributed by atoms with van der Waals surface area (Å²) < 4.78 is 23.7. The van der Waals surface area contributed by atoms with Crippen molar-refractivity contribution in [2.75, 3.05) is 49.7 Å². The monoisotopic (exact) mass is 499 g/mol. The summed E-state index contributed by atoms with van der Waals surface area (Å²) >= 11 is 0. The largest absolute Gasteiger partial charge is 0.491 e. The summed E-state index contributed by atoms with van der Waals surface area (Å²) in [5.74, 6) is 7.61. The van der Waals surface area contributed by atoms with E-state index in [0.29, 0.717) is 48.5 Å². The van der Waals surface area contributed by atoms with Crippen molar-refractivity contribution in [2.24, 2.45) is 0 Å². The van der Waals surface area contributed by atoms with Crippen molar-refractivity contribution in [3.63, 3.8) is 0 Å². The lowest BCUT2D eigenvalue weighted by atomic mass is 10.0. The Labute approximate surface area is 206 Å². The summed E-state index contributed by atoms with van der Waals surface area (Å²) in [7, 11) is -0.258. The number of likely N-dealkylation sites (N-methyl/N-ethyl adjacent to an activating group) is 1. The summed E-state index contributed by atoms with van der Waals surface area (Å²) in [5, 5.41) is 17.0. The normalized spacial score (nSPS) is 16.3. The minimum absolute atomic E-state index is 0.173. The molecule has 0 spiro atoms. The number of rotatable bonds is 8. The van der Waals surface area contributed by atoms with Gasteiger partial charge in [-0.25, -0.2) is 9.97 Å². The van der Waals surface area contributed by atoms with Crippen LogP contribution < -0.4 is 15.0 Å². The molecule has 1 saturated heterocycles. The first kappa shape index (κ1) is 25.2. The van der Waals surface area contributed by atoms with E-state index in [-0.39, 0.29) is 6.61 Å². The van der Waals surface area contributed by atoms with Crippen LogP contribution in [0.1, 0.15) is 17.0 Å². The van der Waals surface area contributed by atoms with E-state index in [4.69, 9.17) is 19.2 Å². The van der Waals surface area contributed by atoms with Gasteiger partial charge in [0.05, 0.1) is 17.0 Å². The molecule has 1 aliphatic heterocycles. The summed E-state index contributed by atoms with van der Waals surface area (Å²) in [6.07, 6.45) is -0.612. The van der Waals surface area contributed by atoms with Crippen molar-refractivity contribution >= 4 is 21.2 Å². The Morgan fingerprint density at radius 3 is 2.66 bits per heavy atom. The topological polar surface area (TPSA) is 114 Å². The lowest BCUT2D eigenvalue weighted by Crippen LogP contribution is -2.41.